The molecule has 0 aliphatic carbocycles. The molecule has 120 valence electrons. The summed E-state index contributed by atoms with van der Waals surface area (Å²) in [5, 5.41) is 3.08. The van der Waals surface area contributed by atoms with Gasteiger partial charge in [0.05, 0.1) is 6.20 Å². The maximum atomic E-state index is 12.4. The van der Waals surface area contributed by atoms with Gasteiger partial charge in [0, 0.05) is 24.7 Å². The molecule has 2 aromatic rings. The van der Waals surface area contributed by atoms with Crippen LogP contribution in [0, 0.1) is 12.8 Å². The topological polar surface area (TPSA) is 58.4 Å². The van der Waals surface area contributed by atoms with Crippen LogP contribution < -0.4 is 5.32 Å². The zero-order chi connectivity index (χ0) is 15.8. The van der Waals surface area contributed by atoms with E-state index in [1.54, 1.807) is 6.20 Å². The summed E-state index contributed by atoms with van der Waals surface area (Å²) in [6, 6.07) is 8.14. The molecule has 0 spiro atoms. The van der Waals surface area contributed by atoms with Gasteiger partial charge in [0.25, 0.3) is 5.89 Å². The second kappa shape index (κ2) is 5.81. The number of nitrogens with one attached hydrogen (secondary N) is 1. The number of oxazole rings is 1. The number of rotatable bonds is 3. The monoisotopic (exact) mass is 311 g/mol. The summed E-state index contributed by atoms with van der Waals surface area (Å²) >= 11 is 0. The average Bonchev–Trinajstić information content (AvgIpc) is 3.15. The Labute approximate surface area is 135 Å². The molecular formula is C18H21N3O2. The van der Waals surface area contributed by atoms with Crippen LogP contribution in [-0.4, -0.2) is 41.5 Å². The maximum Gasteiger partial charge on any atom is 0.307 e. The van der Waals surface area contributed by atoms with Crippen molar-refractivity contribution in [2.75, 3.05) is 19.6 Å². The highest BCUT2D eigenvalue weighted by Crippen LogP contribution is 2.27. The van der Waals surface area contributed by atoms with Crippen LogP contribution >= 0.6 is 0 Å². The second-order valence-corrected chi connectivity index (χ2v) is 6.66. The van der Waals surface area contributed by atoms with Gasteiger partial charge in [0.15, 0.2) is 5.76 Å². The first-order valence-electron chi connectivity index (χ1n) is 8.24. The number of fused-ring (bicyclic) bond motifs is 2. The molecule has 23 heavy (non-hydrogen) atoms. The van der Waals surface area contributed by atoms with Crippen molar-refractivity contribution in [3.8, 4) is 11.3 Å². The van der Waals surface area contributed by atoms with Crippen molar-refractivity contribution in [1.29, 1.82) is 0 Å². The van der Waals surface area contributed by atoms with E-state index < -0.39 is 0 Å². The number of nitrogens with zero attached hydrogens (tertiary/aromatic N) is 2. The van der Waals surface area contributed by atoms with E-state index >= 15 is 0 Å². The van der Waals surface area contributed by atoms with Crippen molar-refractivity contribution < 1.29 is 9.21 Å². The number of amides is 1. The van der Waals surface area contributed by atoms with Gasteiger partial charge in [-0.25, -0.2) is 4.98 Å². The normalized spacial score (nSPS) is 26.2. The lowest BCUT2D eigenvalue weighted by Gasteiger charge is -2.30. The van der Waals surface area contributed by atoms with Crippen molar-refractivity contribution in [3.63, 3.8) is 0 Å². The summed E-state index contributed by atoms with van der Waals surface area (Å²) in [6.45, 7) is 5.30. The molecule has 1 aromatic carbocycles. The van der Waals surface area contributed by atoms with Gasteiger partial charge < -0.3 is 14.6 Å². The minimum Gasteiger partial charge on any atom is -0.432 e. The van der Waals surface area contributed by atoms with E-state index in [1.165, 1.54) is 13.0 Å². The Morgan fingerprint density at radius 2 is 2.22 bits per heavy atom. The first-order valence-corrected chi connectivity index (χ1v) is 8.24. The van der Waals surface area contributed by atoms with Crippen LogP contribution in [0.5, 0.6) is 0 Å². The quantitative estimate of drug-likeness (QED) is 0.946. The third-order valence-electron chi connectivity index (χ3n) is 4.91. The molecule has 4 rings (SSSR count). The summed E-state index contributed by atoms with van der Waals surface area (Å²) < 4.78 is 5.69. The number of carbonyl (C=O) groups is 1. The van der Waals surface area contributed by atoms with Crippen molar-refractivity contribution >= 4 is 5.91 Å². The first-order chi connectivity index (χ1) is 11.2. The third-order valence-corrected chi connectivity index (χ3v) is 4.91. The van der Waals surface area contributed by atoms with E-state index in [9.17, 15) is 4.79 Å². The van der Waals surface area contributed by atoms with Gasteiger partial charge in [-0.2, -0.15) is 0 Å². The van der Waals surface area contributed by atoms with Gasteiger partial charge in [-0.15, -0.1) is 0 Å². The smallest absolute Gasteiger partial charge is 0.307 e. The molecule has 0 saturated carbocycles. The molecule has 2 aliphatic rings. The fourth-order valence-electron chi connectivity index (χ4n) is 3.76. The number of benzene rings is 1. The van der Waals surface area contributed by atoms with Crippen molar-refractivity contribution in [3.05, 3.63) is 41.9 Å². The highest BCUT2D eigenvalue weighted by Gasteiger charge is 2.33. The number of piperidine rings is 1. The van der Waals surface area contributed by atoms with Crippen LogP contribution in [0.15, 0.2) is 34.9 Å². The van der Waals surface area contributed by atoms with Gasteiger partial charge in [-0.1, -0.05) is 24.3 Å². The summed E-state index contributed by atoms with van der Waals surface area (Å²) in [5.74, 6) is 1.30. The largest absolute Gasteiger partial charge is 0.432 e. The molecule has 2 bridgehead atoms. The van der Waals surface area contributed by atoms with Crippen LogP contribution in [0.4, 0.5) is 0 Å². The van der Waals surface area contributed by atoms with Crippen LogP contribution in [0.3, 0.4) is 0 Å². The summed E-state index contributed by atoms with van der Waals surface area (Å²) in [4.78, 5) is 19.0. The highest BCUT2D eigenvalue weighted by molar-refractivity contribution is 5.90. The standard InChI is InChI=1S/C18H21N3O2/c1-12-4-2-3-5-15(12)16-9-19-18(23-16)17(22)20-14-8-13-6-7-21(10-13)11-14/h2-5,9,13-14H,6-8,10-11H2,1H3,(H,20,22)/t13-,14+/m0/s1. The van der Waals surface area contributed by atoms with E-state index in [4.69, 9.17) is 4.42 Å². The molecule has 2 saturated heterocycles. The predicted octanol–water partition coefficient (Wildman–Crippen LogP) is 2.47. The molecule has 2 aliphatic heterocycles. The van der Waals surface area contributed by atoms with Crippen LogP contribution in [0.1, 0.15) is 29.1 Å². The number of aryl methyl sites for hydroxylation is 1. The third kappa shape index (κ3) is 2.88. The number of hydrogen-bond donors (Lipinski definition) is 1. The molecule has 1 unspecified atom stereocenters. The Morgan fingerprint density at radius 3 is 3.04 bits per heavy atom. The van der Waals surface area contributed by atoms with E-state index in [1.807, 2.05) is 31.2 Å². The lowest BCUT2D eigenvalue weighted by Crippen LogP contribution is -2.47. The molecule has 5 heteroatoms. The molecule has 2 fully saturated rings. The molecule has 1 N–H and O–H groups in total. The number of carbonyl (C=O) groups excluding carboxylic acids is 1. The molecular weight excluding hydrogens is 290 g/mol. The Morgan fingerprint density at radius 1 is 1.35 bits per heavy atom. The average molecular weight is 311 g/mol. The van der Waals surface area contributed by atoms with E-state index in [0.29, 0.717) is 5.76 Å². The van der Waals surface area contributed by atoms with Crippen LogP contribution in [0.2, 0.25) is 0 Å². The zero-order valence-electron chi connectivity index (χ0n) is 13.3. The summed E-state index contributed by atoms with van der Waals surface area (Å²) in [5.41, 5.74) is 2.08. The minimum atomic E-state index is -0.211. The Kier molecular flexibility index (Phi) is 3.65. The fourth-order valence-corrected chi connectivity index (χ4v) is 3.76. The van der Waals surface area contributed by atoms with Gasteiger partial charge >= 0.3 is 5.91 Å². The van der Waals surface area contributed by atoms with E-state index in [-0.39, 0.29) is 17.8 Å². The van der Waals surface area contributed by atoms with Gasteiger partial charge in [0.2, 0.25) is 0 Å². The molecule has 3 heterocycles. The number of hydrogen-bond acceptors (Lipinski definition) is 4. The molecule has 3 atom stereocenters. The van der Waals surface area contributed by atoms with Gasteiger partial charge in [0.1, 0.15) is 0 Å². The second-order valence-electron chi connectivity index (χ2n) is 6.66. The highest BCUT2D eigenvalue weighted by atomic mass is 16.4. The van der Waals surface area contributed by atoms with Gasteiger partial charge in [-0.3, -0.25) is 4.79 Å². The predicted molar refractivity (Wildman–Crippen MR) is 87.1 cm³/mol. The van der Waals surface area contributed by atoms with Crippen molar-refractivity contribution in [1.82, 2.24) is 15.2 Å². The maximum absolute atomic E-state index is 12.4. The van der Waals surface area contributed by atoms with E-state index in [0.717, 1.165) is 36.6 Å². The van der Waals surface area contributed by atoms with Gasteiger partial charge in [-0.05, 0) is 37.8 Å². The van der Waals surface area contributed by atoms with Crippen LogP contribution in [-0.2, 0) is 0 Å². The zero-order valence-corrected chi connectivity index (χ0v) is 13.3. The van der Waals surface area contributed by atoms with Crippen molar-refractivity contribution in [2.45, 2.75) is 25.8 Å². The summed E-state index contributed by atoms with van der Waals surface area (Å²) in [6.07, 6.45) is 3.95. The SMILES string of the molecule is Cc1ccccc1-c1cnc(C(=O)N[C@@H]2C[C@@H]3CCN(C3)C2)o1. The summed E-state index contributed by atoms with van der Waals surface area (Å²) in [7, 11) is 0. The molecule has 5 nitrogen and oxygen atoms in total. The van der Waals surface area contributed by atoms with Crippen LogP contribution in [0.25, 0.3) is 11.3 Å². The molecule has 1 aromatic heterocycles. The first kappa shape index (κ1) is 14.5. The van der Waals surface area contributed by atoms with E-state index in [2.05, 4.69) is 15.2 Å². The lowest BCUT2D eigenvalue weighted by molar-refractivity contribution is 0.0875. The minimum absolute atomic E-state index is 0.149. The molecule has 0 radical (unpaired) electrons. The Bertz CT molecular complexity index is 713. The Balaban J connectivity index is 1.46. The lowest BCUT2D eigenvalue weighted by atomic mass is 9.97. The fraction of sp³-hybridized carbons (Fsp3) is 0.444. The number of aromatic nitrogens is 1. The van der Waals surface area contributed by atoms with Crippen molar-refractivity contribution in [2.24, 2.45) is 5.92 Å². The molecule has 1 amide bonds. The Hall–Kier alpha value is -2.14.